The summed E-state index contributed by atoms with van der Waals surface area (Å²) in [6, 6.07) is 2.59. The Bertz CT molecular complexity index is 808. The molecule has 150 valence electrons. The highest BCUT2D eigenvalue weighted by Crippen LogP contribution is 2.38. The first kappa shape index (κ1) is 20.0. The van der Waals surface area contributed by atoms with E-state index in [1.54, 1.807) is 17.5 Å². The zero-order valence-corrected chi connectivity index (χ0v) is 16.2. The number of carbonyl (C=O) groups excluding carboxylic acids is 5. The number of amides is 5. The van der Waals surface area contributed by atoms with Gasteiger partial charge in [0.1, 0.15) is 12.1 Å². The number of hydrogen-bond acceptors (Lipinski definition) is 7. The molecule has 9 nitrogen and oxygen atoms in total. The SMILES string of the molecule is C[C@H]1CCCC[C@]12NC(=O)N(CC(=O)OCC(=O)NC(=O)c1cccs1)C2=O. The number of thiophene rings is 1. The second-order valence-electron chi connectivity index (χ2n) is 6.95. The lowest BCUT2D eigenvalue weighted by Crippen LogP contribution is -2.54. The lowest BCUT2D eigenvalue weighted by molar-refractivity contribution is -0.151. The smallest absolute Gasteiger partial charge is 0.326 e. The highest BCUT2D eigenvalue weighted by Gasteiger charge is 2.55. The quantitative estimate of drug-likeness (QED) is 0.556. The van der Waals surface area contributed by atoms with E-state index in [1.165, 1.54) is 11.3 Å². The molecule has 3 rings (SSSR count). The Hall–Kier alpha value is -2.75. The first-order valence-electron chi connectivity index (χ1n) is 9.01. The van der Waals surface area contributed by atoms with Crippen LogP contribution >= 0.6 is 11.3 Å². The maximum absolute atomic E-state index is 12.8. The molecule has 28 heavy (non-hydrogen) atoms. The van der Waals surface area contributed by atoms with E-state index >= 15 is 0 Å². The van der Waals surface area contributed by atoms with E-state index in [2.05, 4.69) is 10.6 Å². The standard InChI is InChI=1S/C18H21N3O6S/c1-11-5-2-3-7-18(11)16(25)21(17(26)20-18)9-14(23)27-10-13(22)19-15(24)12-6-4-8-28-12/h4,6,8,11H,2-3,5,7,9-10H2,1H3,(H,20,26)(H,19,22,24)/t11-,18-/m0/s1. The Balaban J connectivity index is 1.50. The van der Waals surface area contributed by atoms with Gasteiger partial charge < -0.3 is 10.1 Å². The molecular formula is C18H21N3O6S. The summed E-state index contributed by atoms with van der Waals surface area (Å²) in [5.74, 6) is -2.73. The van der Waals surface area contributed by atoms with Crippen LogP contribution in [0.15, 0.2) is 17.5 Å². The number of esters is 1. The van der Waals surface area contributed by atoms with Gasteiger partial charge in [-0.3, -0.25) is 29.4 Å². The van der Waals surface area contributed by atoms with Crippen LogP contribution in [-0.2, 0) is 19.1 Å². The molecule has 5 amide bonds. The van der Waals surface area contributed by atoms with Gasteiger partial charge in [-0.15, -0.1) is 11.3 Å². The predicted molar refractivity (Wildman–Crippen MR) is 98.4 cm³/mol. The minimum atomic E-state index is -0.958. The van der Waals surface area contributed by atoms with Crippen LogP contribution in [-0.4, -0.2) is 53.3 Å². The molecule has 1 aromatic heterocycles. The zero-order chi connectivity index (χ0) is 20.3. The Labute approximate surface area is 165 Å². The fourth-order valence-electron chi connectivity index (χ4n) is 3.59. The van der Waals surface area contributed by atoms with Crippen LogP contribution in [0.1, 0.15) is 42.3 Å². The van der Waals surface area contributed by atoms with Crippen molar-refractivity contribution in [3.63, 3.8) is 0 Å². The van der Waals surface area contributed by atoms with Crippen molar-refractivity contribution in [2.75, 3.05) is 13.2 Å². The van der Waals surface area contributed by atoms with Gasteiger partial charge in [0, 0.05) is 0 Å². The monoisotopic (exact) mass is 407 g/mol. The number of carbonyl (C=O) groups is 5. The molecule has 2 fully saturated rings. The molecule has 2 atom stereocenters. The van der Waals surface area contributed by atoms with Gasteiger partial charge in [-0.1, -0.05) is 25.8 Å². The van der Waals surface area contributed by atoms with E-state index in [4.69, 9.17) is 4.74 Å². The average Bonchev–Trinajstić information content (AvgIpc) is 3.27. The summed E-state index contributed by atoms with van der Waals surface area (Å²) in [6.07, 6.45) is 3.18. The molecule has 1 aliphatic carbocycles. The Morgan fingerprint density at radius 2 is 2.14 bits per heavy atom. The predicted octanol–water partition coefficient (Wildman–Crippen LogP) is 1.05. The summed E-state index contributed by atoms with van der Waals surface area (Å²) in [4.78, 5) is 61.7. The van der Waals surface area contributed by atoms with E-state index in [0.717, 1.165) is 24.2 Å². The molecule has 1 aromatic rings. The first-order chi connectivity index (χ1) is 13.3. The Morgan fingerprint density at radius 3 is 2.82 bits per heavy atom. The van der Waals surface area contributed by atoms with Gasteiger partial charge in [0.2, 0.25) is 0 Å². The van der Waals surface area contributed by atoms with Crippen molar-refractivity contribution >= 4 is 41.1 Å². The highest BCUT2D eigenvalue weighted by atomic mass is 32.1. The number of nitrogens with zero attached hydrogens (tertiary/aromatic N) is 1. The van der Waals surface area contributed by atoms with Crippen molar-refractivity contribution in [3.8, 4) is 0 Å². The normalized spacial score (nSPS) is 24.2. The van der Waals surface area contributed by atoms with E-state index in [0.29, 0.717) is 11.3 Å². The van der Waals surface area contributed by atoms with Crippen LogP contribution in [0, 0.1) is 5.92 Å². The maximum Gasteiger partial charge on any atom is 0.326 e. The summed E-state index contributed by atoms with van der Waals surface area (Å²) >= 11 is 1.17. The molecule has 2 N–H and O–H groups in total. The molecule has 0 radical (unpaired) electrons. The van der Waals surface area contributed by atoms with E-state index < -0.39 is 48.4 Å². The lowest BCUT2D eigenvalue weighted by atomic mass is 9.73. The maximum atomic E-state index is 12.8. The number of hydrogen-bond donors (Lipinski definition) is 2. The van der Waals surface area contributed by atoms with Crippen molar-refractivity contribution in [1.29, 1.82) is 0 Å². The van der Waals surface area contributed by atoms with Crippen molar-refractivity contribution in [2.24, 2.45) is 5.92 Å². The zero-order valence-electron chi connectivity index (χ0n) is 15.4. The van der Waals surface area contributed by atoms with Gasteiger partial charge in [0.15, 0.2) is 6.61 Å². The van der Waals surface area contributed by atoms with Crippen LogP contribution in [0.5, 0.6) is 0 Å². The molecule has 1 spiro atoms. The van der Waals surface area contributed by atoms with Gasteiger partial charge in [0.05, 0.1) is 4.88 Å². The summed E-state index contributed by atoms with van der Waals surface area (Å²) in [5, 5.41) is 6.53. The Morgan fingerprint density at radius 1 is 1.36 bits per heavy atom. The third-order valence-corrected chi connectivity index (χ3v) is 6.02. The topological polar surface area (TPSA) is 122 Å². The summed E-state index contributed by atoms with van der Waals surface area (Å²) in [5.41, 5.74) is -0.958. The van der Waals surface area contributed by atoms with Crippen molar-refractivity contribution < 1.29 is 28.7 Å². The van der Waals surface area contributed by atoms with Gasteiger partial charge in [0.25, 0.3) is 17.7 Å². The van der Waals surface area contributed by atoms with E-state index in [9.17, 15) is 24.0 Å². The first-order valence-corrected chi connectivity index (χ1v) is 9.89. The lowest BCUT2D eigenvalue weighted by Gasteiger charge is -2.36. The van der Waals surface area contributed by atoms with Crippen molar-refractivity contribution in [3.05, 3.63) is 22.4 Å². The molecule has 0 unspecified atom stereocenters. The van der Waals surface area contributed by atoms with Crippen LogP contribution < -0.4 is 10.6 Å². The highest BCUT2D eigenvalue weighted by molar-refractivity contribution is 7.12. The van der Waals surface area contributed by atoms with Crippen LogP contribution in [0.3, 0.4) is 0 Å². The molecule has 1 aliphatic heterocycles. The molecule has 2 aliphatic rings. The van der Waals surface area contributed by atoms with Gasteiger partial charge in [-0.05, 0) is 30.2 Å². The number of ether oxygens (including phenoxy) is 1. The summed E-state index contributed by atoms with van der Waals surface area (Å²) < 4.78 is 4.81. The van der Waals surface area contributed by atoms with Gasteiger partial charge >= 0.3 is 12.0 Å². The van der Waals surface area contributed by atoms with Crippen LogP contribution in [0.2, 0.25) is 0 Å². The number of nitrogens with one attached hydrogen (secondary N) is 2. The fourth-order valence-corrected chi connectivity index (χ4v) is 4.21. The molecular weight excluding hydrogens is 386 g/mol. The van der Waals surface area contributed by atoms with Crippen molar-refractivity contribution in [1.82, 2.24) is 15.5 Å². The minimum absolute atomic E-state index is 0.0206. The average molecular weight is 407 g/mol. The molecule has 1 saturated carbocycles. The van der Waals surface area contributed by atoms with E-state index in [-0.39, 0.29) is 5.92 Å². The third-order valence-electron chi connectivity index (χ3n) is 5.15. The third kappa shape index (κ3) is 3.91. The van der Waals surface area contributed by atoms with Crippen LogP contribution in [0.25, 0.3) is 0 Å². The summed E-state index contributed by atoms with van der Waals surface area (Å²) in [7, 11) is 0. The van der Waals surface area contributed by atoms with E-state index in [1.807, 2.05) is 6.92 Å². The summed E-state index contributed by atoms with van der Waals surface area (Å²) in [6.45, 7) is 0.653. The largest absolute Gasteiger partial charge is 0.454 e. The number of imide groups is 2. The minimum Gasteiger partial charge on any atom is -0.454 e. The second kappa shape index (κ2) is 8.09. The number of urea groups is 1. The molecule has 1 saturated heterocycles. The van der Waals surface area contributed by atoms with Crippen molar-refractivity contribution in [2.45, 2.75) is 38.1 Å². The van der Waals surface area contributed by atoms with Crippen LogP contribution in [0.4, 0.5) is 4.79 Å². The fraction of sp³-hybridized carbons (Fsp3) is 0.500. The second-order valence-corrected chi connectivity index (χ2v) is 7.90. The molecule has 0 aromatic carbocycles. The van der Waals surface area contributed by atoms with Gasteiger partial charge in [-0.25, -0.2) is 4.79 Å². The molecule has 10 heteroatoms. The number of rotatable bonds is 5. The Kier molecular flexibility index (Phi) is 5.78. The molecule has 0 bridgehead atoms. The molecule has 2 heterocycles. The van der Waals surface area contributed by atoms with Gasteiger partial charge in [-0.2, -0.15) is 0 Å².